The Hall–Kier alpha value is -1.38. The van der Waals surface area contributed by atoms with Crippen molar-refractivity contribution >= 4 is 12.0 Å². The molecule has 1 heterocycles. The molecule has 0 bridgehead atoms. The Labute approximate surface area is 79.6 Å². The van der Waals surface area contributed by atoms with Gasteiger partial charge in [-0.05, 0) is 0 Å². The van der Waals surface area contributed by atoms with Crippen LogP contribution in [0, 0.1) is 0 Å². The lowest BCUT2D eigenvalue weighted by Gasteiger charge is -2.09. The molecule has 0 aliphatic rings. The van der Waals surface area contributed by atoms with E-state index in [0.717, 1.165) is 0 Å². The van der Waals surface area contributed by atoms with Crippen LogP contribution in [0.15, 0.2) is 24.5 Å². The van der Waals surface area contributed by atoms with Crippen molar-refractivity contribution in [3.63, 3.8) is 0 Å². The zero-order valence-electron chi connectivity index (χ0n) is 8.73. The van der Waals surface area contributed by atoms with Gasteiger partial charge in [0.05, 0.1) is 0 Å². The monoisotopic (exact) mass is 179 g/mol. The highest BCUT2D eigenvalue weighted by Gasteiger charge is 2.01. The Kier molecular flexibility index (Phi) is 3.01. The quantitative estimate of drug-likeness (QED) is 0.358. The summed E-state index contributed by atoms with van der Waals surface area (Å²) >= 11 is 0. The average molecular weight is 179 g/mol. The molecule has 1 rings (SSSR count). The molecule has 0 saturated heterocycles. The largest absolute Gasteiger partial charge is 0.406 e. The van der Waals surface area contributed by atoms with Crippen molar-refractivity contribution in [2.75, 3.05) is 33.1 Å². The molecule has 70 valence electrons. The van der Waals surface area contributed by atoms with Gasteiger partial charge in [0.2, 0.25) is 0 Å². The third kappa shape index (κ3) is 2.86. The van der Waals surface area contributed by atoms with Crippen LogP contribution in [0.5, 0.6) is 0 Å². The summed E-state index contributed by atoms with van der Waals surface area (Å²) in [5.41, 5.74) is 1.21. The highest BCUT2D eigenvalue weighted by Crippen LogP contribution is 2.05. The summed E-state index contributed by atoms with van der Waals surface area (Å²) in [4.78, 5) is 2.08. The molecule has 0 aliphatic carbocycles. The van der Waals surface area contributed by atoms with E-state index in [4.69, 9.17) is 0 Å². The fourth-order valence-electron chi connectivity index (χ4n) is 1.07. The van der Waals surface area contributed by atoms with E-state index in [9.17, 15) is 0 Å². The summed E-state index contributed by atoms with van der Waals surface area (Å²) in [6.45, 7) is 0. The van der Waals surface area contributed by atoms with Crippen molar-refractivity contribution in [2.24, 2.45) is 0 Å². The minimum absolute atomic E-state index is 1.21. The molecule has 0 N–H and O–H groups in total. The van der Waals surface area contributed by atoms with Crippen molar-refractivity contribution < 1.29 is 9.14 Å². The molecule has 3 heteroatoms. The summed E-state index contributed by atoms with van der Waals surface area (Å²) in [5.74, 6) is 0. The van der Waals surface area contributed by atoms with Crippen LogP contribution in [0.3, 0.4) is 0 Å². The smallest absolute Gasteiger partial charge is 0.377 e. The van der Waals surface area contributed by atoms with Gasteiger partial charge >= 0.3 is 6.34 Å². The Morgan fingerprint density at radius 2 is 1.77 bits per heavy atom. The predicted molar refractivity (Wildman–Crippen MR) is 54.5 cm³/mol. The van der Waals surface area contributed by atoms with E-state index in [1.807, 2.05) is 56.1 Å². The van der Waals surface area contributed by atoms with Gasteiger partial charge in [0.25, 0.3) is 0 Å². The van der Waals surface area contributed by atoms with Crippen molar-refractivity contribution in [1.82, 2.24) is 0 Å². The van der Waals surface area contributed by atoms with Gasteiger partial charge in [0.15, 0.2) is 12.4 Å². The van der Waals surface area contributed by atoms with Gasteiger partial charge in [0, 0.05) is 31.9 Å². The lowest BCUT2D eigenvalue weighted by atomic mass is 10.4. The third-order valence-corrected chi connectivity index (χ3v) is 1.72. The second-order valence-corrected chi connectivity index (χ2v) is 3.48. The third-order valence-electron chi connectivity index (χ3n) is 1.72. The summed E-state index contributed by atoms with van der Waals surface area (Å²) in [5, 5.41) is 0. The van der Waals surface area contributed by atoms with E-state index >= 15 is 0 Å². The van der Waals surface area contributed by atoms with E-state index < -0.39 is 0 Å². The Balaban J connectivity index is 2.88. The molecule has 0 saturated carbocycles. The second kappa shape index (κ2) is 4.03. The van der Waals surface area contributed by atoms with Gasteiger partial charge in [-0.1, -0.05) is 0 Å². The number of aromatic nitrogens is 1. The van der Waals surface area contributed by atoms with Crippen LogP contribution in [0.25, 0.3) is 0 Å². The molecular weight excluding hydrogens is 162 g/mol. The highest BCUT2D eigenvalue weighted by atomic mass is 15.1. The van der Waals surface area contributed by atoms with Gasteiger partial charge < -0.3 is 4.90 Å². The molecular formula is C10H17N3+2. The van der Waals surface area contributed by atoms with Gasteiger partial charge in [-0.2, -0.15) is 4.58 Å². The van der Waals surface area contributed by atoms with E-state index in [-0.39, 0.29) is 0 Å². The molecule has 13 heavy (non-hydrogen) atoms. The maximum atomic E-state index is 2.08. The molecule has 0 aromatic carbocycles. The molecule has 0 aliphatic heterocycles. The summed E-state index contributed by atoms with van der Waals surface area (Å²) in [7, 11) is 8.09. The minimum atomic E-state index is 1.21. The topological polar surface area (TPSA) is 10.1 Å². The number of rotatable bonds is 2. The summed E-state index contributed by atoms with van der Waals surface area (Å²) in [6.07, 6.45) is 6.09. The molecule has 0 amide bonds. The van der Waals surface area contributed by atoms with Crippen LogP contribution in [0.4, 0.5) is 5.69 Å². The van der Waals surface area contributed by atoms with Crippen molar-refractivity contribution in [3.8, 4) is 0 Å². The molecule has 0 fully saturated rings. The maximum absolute atomic E-state index is 2.08. The Bertz CT molecular complexity index is 294. The number of hydrogen-bond donors (Lipinski definition) is 0. The normalized spacial score (nSPS) is 9.54. The zero-order chi connectivity index (χ0) is 9.84. The molecule has 1 aromatic heterocycles. The van der Waals surface area contributed by atoms with E-state index in [2.05, 4.69) is 17.0 Å². The first-order chi connectivity index (χ1) is 6.09. The number of hydrogen-bond acceptors (Lipinski definition) is 1. The average Bonchev–Trinajstić information content (AvgIpc) is 2.04. The van der Waals surface area contributed by atoms with Gasteiger partial charge in [-0.15, -0.1) is 4.57 Å². The van der Waals surface area contributed by atoms with E-state index in [1.165, 1.54) is 5.69 Å². The van der Waals surface area contributed by atoms with Gasteiger partial charge in [0.1, 0.15) is 14.1 Å². The van der Waals surface area contributed by atoms with Crippen LogP contribution in [-0.2, 0) is 0 Å². The van der Waals surface area contributed by atoms with Crippen LogP contribution >= 0.6 is 0 Å². The van der Waals surface area contributed by atoms with Crippen LogP contribution in [0.1, 0.15) is 0 Å². The summed E-state index contributed by atoms with van der Waals surface area (Å²) in [6, 6.07) is 4.17. The zero-order valence-corrected chi connectivity index (χ0v) is 8.73. The number of pyridine rings is 1. The standard InChI is InChI=1S/C10H17N3/c1-11(2)9-13-7-5-10(6-8-13)12(3)4/h5-9H,1-4H3/q+2. The van der Waals surface area contributed by atoms with Crippen LogP contribution in [-0.4, -0.2) is 39.1 Å². The molecule has 0 radical (unpaired) electrons. The molecule has 3 nitrogen and oxygen atoms in total. The maximum Gasteiger partial charge on any atom is 0.406 e. The number of anilines is 1. The van der Waals surface area contributed by atoms with Crippen molar-refractivity contribution in [1.29, 1.82) is 0 Å². The first-order valence-electron chi connectivity index (χ1n) is 4.29. The van der Waals surface area contributed by atoms with Crippen LogP contribution < -0.4 is 9.47 Å². The van der Waals surface area contributed by atoms with Crippen molar-refractivity contribution in [2.45, 2.75) is 0 Å². The second-order valence-electron chi connectivity index (χ2n) is 3.48. The fourth-order valence-corrected chi connectivity index (χ4v) is 1.07. The Morgan fingerprint density at radius 3 is 2.15 bits per heavy atom. The van der Waals surface area contributed by atoms with E-state index in [1.54, 1.807) is 0 Å². The SMILES string of the molecule is CN(C)c1cc[n+](C=[N+](C)C)cc1. The lowest BCUT2D eigenvalue weighted by molar-refractivity contribution is -0.613. The van der Waals surface area contributed by atoms with Crippen LogP contribution in [0.2, 0.25) is 0 Å². The number of nitrogens with zero attached hydrogens (tertiary/aromatic N) is 3. The van der Waals surface area contributed by atoms with Gasteiger partial charge in [-0.25, -0.2) is 0 Å². The fraction of sp³-hybridized carbons (Fsp3) is 0.400. The first kappa shape index (κ1) is 9.71. The molecule has 1 aromatic rings. The molecule has 0 unspecified atom stereocenters. The Morgan fingerprint density at radius 1 is 1.23 bits per heavy atom. The predicted octanol–water partition coefficient (Wildman–Crippen LogP) is 0.189. The lowest BCUT2D eigenvalue weighted by Crippen LogP contribution is -2.36. The van der Waals surface area contributed by atoms with Crippen molar-refractivity contribution in [3.05, 3.63) is 24.5 Å². The minimum Gasteiger partial charge on any atom is -0.377 e. The highest BCUT2D eigenvalue weighted by molar-refractivity contribution is 5.43. The van der Waals surface area contributed by atoms with E-state index in [0.29, 0.717) is 0 Å². The summed E-state index contributed by atoms with van der Waals surface area (Å²) < 4.78 is 4.03. The molecule has 0 atom stereocenters. The first-order valence-corrected chi connectivity index (χ1v) is 4.29. The van der Waals surface area contributed by atoms with Gasteiger partial charge in [-0.3, -0.25) is 0 Å². The molecule has 0 spiro atoms.